The lowest BCUT2D eigenvalue weighted by atomic mass is 9.94. The van der Waals surface area contributed by atoms with Crippen LogP contribution in [0.3, 0.4) is 0 Å². The zero-order valence-corrected chi connectivity index (χ0v) is 19.4. The maximum absolute atomic E-state index is 6.17. The minimum Gasteiger partial charge on any atom is -0.497 e. The van der Waals surface area contributed by atoms with Gasteiger partial charge in [0.15, 0.2) is 5.82 Å². The van der Waals surface area contributed by atoms with Crippen LogP contribution in [0.5, 0.6) is 5.75 Å². The second-order valence-electron chi connectivity index (χ2n) is 8.44. The van der Waals surface area contributed by atoms with Crippen molar-refractivity contribution in [2.45, 2.75) is 32.2 Å². The highest BCUT2D eigenvalue weighted by Gasteiger charge is 2.37. The van der Waals surface area contributed by atoms with E-state index in [-0.39, 0.29) is 0 Å². The first-order valence-corrected chi connectivity index (χ1v) is 10.8. The van der Waals surface area contributed by atoms with Gasteiger partial charge in [0.2, 0.25) is 0 Å². The van der Waals surface area contributed by atoms with Crippen LogP contribution in [0.4, 0.5) is 0 Å². The Hall–Kier alpha value is -2.70. The van der Waals surface area contributed by atoms with Gasteiger partial charge in [-0.3, -0.25) is 9.56 Å². The summed E-state index contributed by atoms with van der Waals surface area (Å²) in [7, 11) is 5.86. The maximum Gasteiger partial charge on any atom is 0.165 e. The van der Waals surface area contributed by atoms with Crippen LogP contribution in [0.1, 0.15) is 42.5 Å². The first-order valence-electron chi connectivity index (χ1n) is 10.4. The molecule has 0 fully saturated rings. The molecule has 1 aliphatic heterocycles. The molecule has 6 nitrogen and oxygen atoms in total. The summed E-state index contributed by atoms with van der Waals surface area (Å²) in [5.74, 6) is 2.48. The van der Waals surface area contributed by atoms with Crippen molar-refractivity contribution >= 4 is 17.3 Å². The Bertz CT molecular complexity index is 1120. The van der Waals surface area contributed by atoms with Crippen molar-refractivity contribution in [3.63, 3.8) is 0 Å². The Morgan fingerprint density at radius 3 is 2.52 bits per heavy atom. The predicted molar refractivity (Wildman–Crippen MR) is 125 cm³/mol. The summed E-state index contributed by atoms with van der Waals surface area (Å²) in [6.45, 7) is 5.12. The summed E-state index contributed by atoms with van der Waals surface area (Å²) in [5.41, 5.74) is 3.38. The molecule has 0 bridgehead atoms. The van der Waals surface area contributed by atoms with E-state index >= 15 is 0 Å². The number of fused-ring (bicyclic) bond motifs is 3. The number of aryl methyl sites for hydroxylation is 1. The van der Waals surface area contributed by atoms with Gasteiger partial charge in [-0.15, -0.1) is 10.2 Å². The highest BCUT2D eigenvalue weighted by Crippen LogP contribution is 2.38. The fourth-order valence-corrected chi connectivity index (χ4v) is 4.24. The Morgan fingerprint density at radius 1 is 1.10 bits per heavy atom. The van der Waals surface area contributed by atoms with Crippen molar-refractivity contribution in [2.75, 3.05) is 27.7 Å². The van der Waals surface area contributed by atoms with E-state index in [1.807, 2.05) is 43.3 Å². The molecule has 0 aliphatic carbocycles. The van der Waals surface area contributed by atoms with Gasteiger partial charge in [-0.25, -0.2) is 0 Å². The number of halogens is 1. The van der Waals surface area contributed by atoms with Gasteiger partial charge in [0, 0.05) is 16.1 Å². The second kappa shape index (κ2) is 8.44. The summed E-state index contributed by atoms with van der Waals surface area (Å²) in [5, 5.41) is 9.70. The molecule has 2 aromatic carbocycles. The number of ether oxygens (including phenoxy) is 1. The average molecular weight is 438 g/mol. The fraction of sp³-hybridized carbons (Fsp3) is 0.375. The van der Waals surface area contributed by atoms with Crippen LogP contribution in [0, 0.1) is 6.92 Å². The van der Waals surface area contributed by atoms with Gasteiger partial charge in [-0.2, -0.15) is 0 Å². The molecule has 1 aliphatic rings. The molecule has 0 N–H and O–H groups in total. The number of benzene rings is 2. The lowest BCUT2D eigenvalue weighted by Gasteiger charge is -2.25. The van der Waals surface area contributed by atoms with Crippen molar-refractivity contribution in [1.82, 2.24) is 19.7 Å². The number of hydrogen-bond donors (Lipinski definition) is 0. The highest BCUT2D eigenvalue weighted by molar-refractivity contribution is 6.30. The minimum atomic E-state index is -0.529. The van der Waals surface area contributed by atoms with E-state index in [0.717, 1.165) is 59.3 Å². The first-order chi connectivity index (χ1) is 14.8. The summed E-state index contributed by atoms with van der Waals surface area (Å²) in [4.78, 5) is 7.55. The van der Waals surface area contributed by atoms with Gasteiger partial charge in [-0.05, 0) is 77.7 Å². The molecular weight excluding hydrogens is 410 g/mol. The largest absolute Gasteiger partial charge is 0.497 e. The smallest absolute Gasteiger partial charge is 0.165 e. The molecule has 0 radical (unpaired) electrons. The number of methoxy groups -OCH3 is 1. The van der Waals surface area contributed by atoms with Gasteiger partial charge in [0.1, 0.15) is 17.1 Å². The van der Waals surface area contributed by atoms with Crippen LogP contribution in [0.25, 0.3) is 5.69 Å². The molecule has 1 atom stereocenters. The molecule has 3 aromatic rings. The van der Waals surface area contributed by atoms with Crippen LogP contribution < -0.4 is 4.74 Å². The van der Waals surface area contributed by atoms with Crippen molar-refractivity contribution in [3.8, 4) is 11.4 Å². The van der Waals surface area contributed by atoms with E-state index in [1.54, 1.807) is 7.11 Å². The topological polar surface area (TPSA) is 55.5 Å². The quantitative estimate of drug-likeness (QED) is 0.563. The summed E-state index contributed by atoms with van der Waals surface area (Å²) >= 11 is 6.17. The Balaban J connectivity index is 1.96. The molecule has 162 valence electrons. The number of aliphatic imine (C=N–C) groups is 1. The average Bonchev–Trinajstić information content (AvgIpc) is 3.09. The molecule has 0 saturated carbocycles. The number of nitrogens with zero attached hydrogens (tertiary/aromatic N) is 5. The normalized spacial score (nSPS) is 17.7. The van der Waals surface area contributed by atoms with Gasteiger partial charge in [-0.1, -0.05) is 23.7 Å². The maximum atomic E-state index is 6.17. The lowest BCUT2D eigenvalue weighted by molar-refractivity contribution is 0.344. The Labute approximate surface area is 188 Å². The zero-order valence-electron chi connectivity index (χ0n) is 18.7. The molecule has 1 aromatic heterocycles. The van der Waals surface area contributed by atoms with E-state index in [4.69, 9.17) is 21.3 Å². The van der Waals surface area contributed by atoms with Crippen LogP contribution in [-0.2, 0) is 5.54 Å². The van der Waals surface area contributed by atoms with E-state index in [9.17, 15) is 0 Å². The second-order valence-corrected chi connectivity index (χ2v) is 8.87. The Kier molecular flexibility index (Phi) is 5.86. The van der Waals surface area contributed by atoms with Gasteiger partial charge >= 0.3 is 0 Å². The third-order valence-electron chi connectivity index (χ3n) is 5.75. The number of hydrogen-bond acceptors (Lipinski definition) is 5. The summed E-state index contributed by atoms with van der Waals surface area (Å²) < 4.78 is 7.68. The van der Waals surface area contributed by atoms with Gasteiger partial charge < -0.3 is 9.64 Å². The van der Waals surface area contributed by atoms with Crippen molar-refractivity contribution < 1.29 is 4.74 Å². The SMILES string of the molecule is COc1ccc2c(c1)C(c1ccc(Cl)cc1)=NC(C)(CCCN(C)C)c1nnc(C)n1-2. The number of rotatable bonds is 6. The predicted octanol–water partition coefficient (Wildman–Crippen LogP) is 4.65. The van der Waals surface area contributed by atoms with E-state index < -0.39 is 5.54 Å². The molecule has 0 saturated heterocycles. The lowest BCUT2D eigenvalue weighted by Crippen LogP contribution is -2.26. The zero-order chi connectivity index (χ0) is 22.2. The molecule has 1 unspecified atom stereocenters. The monoisotopic (exact) mass is 437 g/mol. The van der Waals surface area contributed by atoms with E-state index in [2.05, 4.69) is 46.7 Å². The van der Waals surface area contributed by atoms with Crippen LogP contribution >= 0.6 is 11.6 Å². The van der Waals surface area contributed by atoms with Crippen molar-refractivity contribution in [2.24, 2.45) is 4.99 Å². The molecular formula is C24H28ClN5O. The van der Waals surface area contributed by atoms with Crippen LogP contribution in [0.2, 0.25) is 5.02 Å². The standard InChI is InChI=1S/C24H28ClN5O/c1-16-27-28-23-24(2,13-6-14-29(3)4)26-22(17-7-9-18(25)10-8-17)20-15-19(31-5)11-12-21(20)30(16)23/h7-12,15H,6,13-14H2,1-5H3. The highest BCUT2D eigenvalue weighted by atomic mass is 35.5. The van der Waals surface area contributed by atoms with Gasteiger partial charge in [0.25, 0.3) is 0 Å². The van der Waals surface area contributed by atoms with Crippen molar-refractivity contribution in [1.29, 1.82) is 0 Å². The van der Waals surface area contributed by atoms with Crippen LogP contribution in [-0.4, -0.2) is 53.1 Å². The fourth-order valence-electron chi connectivity index (χ4n) is 4.12. The van der Waals surface area contributed by atoms with E-state index in [0.29, 0.717) is 5.02 Å². The molecule has 7 heteroatoms. The first kappa shape index (κ1) is 21.5. The summed E-state index contributed by atoms with van der Waals surface area (Å²) in [6.07, 6.45) is 1.85. The van der Waals surface area contributed by atoms with Crippen LogP contribution in [0.15, 0.2) is 47.5 Å². The molecule has 0 spiro atoms. The van der Waals surface area contributed by atoms with E-state index in [1.165, 1.54) is 0 Å². The number of aromatic nitrogens is 3. The third kappa shape index (κ3) is 4.10. The minimum absolute atomic E-state index is 0.529. The molecule has 0 amide bonds. The summed E-state index contributed by atoms with van der Waals surface area (Å²) in [6, 6.07) is 13.9. The van der Waals surface area contributed by atoms with Gasteiger partial charge in [0.05, 0.1) is 18.5 Å². The van der Waals surface area contributed by atoms with Crippen molar-refractivity contribution in [3.05, 3.63) is 70.3 Å². The molecule has 2 heterocycles. The third-order valence-corrected chi connectivity index (χ3v) is 6.00. The molecule has 31 heavy (non-hydrogen) atoms. The molecule has 4 rings (SSSR count). The Morgan fingerprint density at radius 2 is 1.84 bits per heavy atom.